The lowest BCUT2D eigenvalue weighted by molar-refractivity contribution is -0.703. The summed E-state index contributed by atoms with van der Waals surface area (Å²) in [5, 5.41) is -7.11. The summed E-state index contributed by atoms with van der Waals surface area (Å²) < 4.78 is 138. The van der Waals surface area contributed by atoms with E-state index in [4.69, 9.17) is 0 Å². The molecular formula is C30H51F9N2O3S. The first kappa shape index (κ1) is 43.5. The summed E-state index contributed by atoms with van der Waals surface area (Å²) in [6.45, 7) is 5.79. The maximum absolute atomic E-state index is 12.2. The second kappa shape index (κ2) is 21.4. The van der Waals surface area contributed by atoms with Crippen molar-refractivity contribution in [2.45, 2.75) is 172 Å². The van der Waals surface area contributed by atoms with Crippen LogP contribution in [0.3, 0.4) is 0 Å². The molecular weight excluding hydrogens is 639 g/mol. The first-order valence-corrected chi connectivity index (χ1v) is 17.5. The quantitative estimate of drug-likeness (QED) is 0.0508. The molecule has 0 bridgehead atoms. The number of alkyl halides is 9. The third-order valence-corrected chi connectivity index (χ3v) is 8.44. The number of imidazole rings is 1. The van der Waals surface area contributed by atoms with Gasteiger partial charge in [0, 0.05) is 6.42 Å². The molecule has 0 saturated carbocycles. The van der Waals surface area contributed by atoms with Crippen molar-refractivity contribution in [2.75, 3.05) is 0 Å². The van der Waals surface area contributed by atoms with E-state index in [1.807, 2.05) is 0 Å². The molecule has 1 heterocycles. The molecule has 1 N–H and O–H groups in total. The molecule has 0 aliphatic carbocycles. The Labute approximate surface area is 262 Å². The van der Waals surface area contributed by atoms with Crippen LogP contribution in [0.1, 0.15) is 142 Å². The topological polar surface area (TPSA) is 76.9 Å². The summed E-state index contributed by atoms with van der Waals surface area (Å²) in [6.07, 6.45) is 25.3. The van der Waals surface area contributed by atoms with Crippen LogP contribution in [0.25, 0.3) is 0 Å². The van der Waals surface area contributed by atoms with E-state index in [2.05, 4.69) is 35.8 Å². The molecule has 0 unspecified atom stereocenters. The standard InChI is InChI=1S/C26H50N2.C4HF9O3S/c1-3-5-7-9-11-13-15-17-19-21-24-28-25-23-27-26(28)22-20-18-16-14-12-10-8-6-4-2;5-1(6,3(9,10)11)2(7,8)4(12,13)17(14,15)16/h23,25H,3-22,24H2,1-2H3;(H,14,15,16). The SMILES string of the molecule is CCCCCCCCCCCC[n+]1cc[nH]c1CCCCCCCCCCC.O=S(=O)([O-])C(F)(F)C(F)(F)C(F)(F)C(F)(F)F. The summed E-state index contributed by atoms with van der Waals surface area (Å²) in [6, 6.07) is 0. The Morgan fingerprint density at radius 3 is 1.38 bits per heavy atom. The minimum absolute atomic E-state index is 1.20. The average molecular weight is 691 g/mol. The number of aromatic nitrogens is 2. The van der Waals surface area contributed by atoms with Gasteiger partial charge in [0.15, 0.2) is 10.1 Å². The van der Waals surface area contributed by atoms with Gasteiger partial charge in [0.25, 0.3) is 5.82 Å². The summed E-state index contributed by atoms with van der Waals surface area (Å²) in [5.41, 5.74) is 0. The van der Waals surface area contributed by atoms with Gasteiger partial charge in [0.1, 0.15) is 12.4 Å². The zero-order chi connectivity index (χ0) is 34.6. The minimum atomic E-state index is -7.43. The second-order valence-corrected chi connectivity index (χ2v) is 12.9. The number of nitrogens with one attached hydrogen (secondary N) is 1. The third-order valence-electron chi connectivity index (χ3n) is 7.55. The van der Waals surface area contributed by atoms with Crippen LogP contribution in [-0.4, -0.2) is 41.2 Å². The molecule has 0 amide bonds. The van der Waals surface area contributed by atoms with E-state index < -0.39 is 33.4 Å². The number of aromatic amines is 1. The van der Waals surface area contributed by atoms with Crippen molar-refractivity contribution in [3.63, 3.8) is 0 Å². The maximum Gasteiger partial charge on any atom is 0.460 e. The highest BCUT2D eigenvalue weighted by molar-refractivity contribution is 7.86. The van der Waals surface area contributed by atoms with Gasteiger partial charge in [0.05, 0.1) is 6.54 Å². The van der Waals surface area contributed by atoms with Gasteiger partial charge in [-0.1, -0.05) is 117 Å². The van der Waals surface area contributed by atoms with E-state index in [1.165, 1.54) is 141 Å². The van der Waals surface area contributed by atoms with Gasteiger partial charge >= 0.3 is 23.3 Å². The number of nitrogens with zero attached hydrogens (tertiary/aromatic N) is 1. The molecule has 45 heavy (non-hydrogen) atoms. The Bertz CT molecular complexity index is 1000. The maximum atomic E-state index is 12.2. The van der Waals surface area contributed by atoms with E-state index in [0.717, 1.165) is 0 Å². The van der Waals surface area contributed by atoms with Crippen LogP contribution in [0.15, 0.2) is 12.4 Å². The fourth-order valence-corrected chi connectivity index (χ4v) is 5.15. The summed E-state index contributed by atoms with van der Waals surface area (Å²) in [4.78, 5) is 3.48. The molecule has 15 heteroatoms. The number of rotatable bonds is 24. The molecule has 0 aliphatic rings. The number of hydrogen-bond acceptors (Lipinski definition) is 3. The first-order chi connectivity index (χ1) is 20.9. The lowest BCUT2D eigenvalue weighted by atomic mass is 10.1. The molecule has 0 aliphatic heterocycles. The fourth-order valence-electron chi connectivity index (χ4n) is 4.71. The van der Waals surface area contributed by atoms with Crippen molar-refractivity contribution in [3.05, 3.63) is 18.2 Å². The Morgan fingerprint density at radius 2 is 1.00 bits per heavy atom. The molecule has 1 rings (SSSR count). The molecule has 0 spiro atoms. The van der Waals surface area contributed by atoms with Crippen molar-refractivity contribution < 1.29 is 57.1 Å². The van der Waals surface area contributed by atoms with Gasteiger partial charge in [-0.2, -0.15) is 39.5 Å². The zero-order valence-corrected chi connectivity index (χ0v) is 27.3. The first-order valence-electron chi connectivity index (χ1n) is 16.1. The van der Waals surface area contributed by atoms with Crippen LogP contribution in [-0.2, 0) is 23.1 Å². The number of hydrogen-bond donors (Lipinski definition) is 1. The van der Waals surface area contributed by atoms with Crippen LogP contribution < -0.4 is 4.57 Å². The number of halogens is 9. The van der Waals surface area contributed by atoms with Crippen LogP contribution in [0.4, 0.5) is 39.5 Å². The van der Waals surface area contributed by atoms with E-state index in [-0.39, 0.29) is 0 Å². The third kappa shape index (κ3) is 15.3. The summed E-state index contributed by atoms with van der Waals surface area (Å²) in [7, 11) is -7.42. The molecule has 5 nitrogen and oxygen atoms in total. The largest absolute Gasteiger partial charge is 0.743 e. The summed E-state index contributed by atoms with van der Waals surface area (Å²) >= 11 is 0. The van der Waals surface area contributed by atoms with Gasteiger partial charge in [-0.25, -0.2) is 18.0 Å². The monoisotopic (exact) mass is 690 g/mol. The molecule has 0 saturated heterocycles. The van der Waals surface area contributed by atoms with E-state index in [1.54, 1.807) is 0 Å². The highest BCUT2D eigenvalue weighted by Crippen LogP contribution is 2.54. The lowest BCUT2D eigenvalue weighted by Gasteiger charge is -2.34. The molecule has 268 valence electrons. The number of aryl methyl sites for hydroxylation is 2. The highest BCUT2D eigenvalue weighted by Gasteiger charge is 2.83. The van der Waals surface area contributed by atoms with Crippen molar-refractivity contribution >= 4 is 10.1 Å². The van der Waals surface area contributed by atoms with Gasteiger partial charge in [-0.3, -0.25) is 0 Å². The molecule has 1 aromatic rings. The molecule has 0 radical (unpaired) electrons. The Kier molecular flexibility index (Phi) is 20.7. The predicted octanol–water partition coefficient (Wildman–Crippen LogP) is 10.3. The highest BCUT2D eigenvalue weighted by atomic mass is 32.2. The molecule has 0 fully saturated rings. The molecule has 0 atom stereocenters. The van der Waals surface area contributed by atoms with Crippen molar-refractivity contribution in [3.8, 4) is 0 Å². The fraction of sp³-hybridized carbons (Fsp3) is 0.900. The average Bonchev–Trinajstić information content (AvgIpc) is 3.39. The van der Waals surface area contributed by atoms with Crippen LogP contribution in [0.5, 0.6) is 0 Å². The molecule has 1 aromatic heterocycles. The Morgan fingerprint density at radius 1 is 0.622 bits per heavy atom. The Hall–Kier alpha value is -1.51. The normalized spacial score (nSPS) is 13.2. The van der Waals surface area contributed by atoms with Crippen LogP contribution >= 0.6 is 0 Å². The van der Waals surface area contributed by atoms with Gasteiger partial charge in [0.2, 0.25) is 0 Å². The molecule has 0 aromatic carbocycles. The Balaban J connectivity index is 0.000000976. The van der Waals surface area contributed by atoms with Crippen molar-refractivity contribution in [2.24, 2.45) is 0 Å². The van der Waals surface area contributed by atoms with E-state index >= 15 is 0 Å². The predicted molar refractivity (Wildman–Crippen MR) is 154 cm³/mol. The lowest BCUT2D eigenvalue weighted by Crippen LogP contribution is -2.63. The van der Waals surface area contributed by atoms with Gasteiger partial charge < -0.3 is 4.55 Å². The number of unbranched alkanes of at least 4 members (excludes halogenated alkanes) is 17. The second-order valence-electron chi connectivity index (χ2n) is 11.5. The van der Waals surface area contributed by atoms with Crippen LogP contribution in [0, 0.1) is 0 Å². The van der Waals surface area contributed by atoms with Crippen LogP contribution in [0.2, 0.25) is 0 Å². The minimum Gasteiger partial charge on any atom is -0.743 e. The van der Waals surface area contributed by atoms with E-state index in [9.17, 15) is 52.5 Å². The van der Waals surface area contributed by atoms with E-state index in [0.29, 0.717) is 0 Å². The van der Waals surface area contributed by atoms with Crippen molar-refractivity contribution in [1.82, 2.24) is 4.98 Å². The summed E-state index contributed by atoms with van der Waals surface area (Å²) in [5.74, 6) is -13.4. The smallest absolute Gasteiger partial charge is 0.460 e. The van der Waals surface area contributed by atoms with Gasteiger partial charge in [-0.15, -0.1) is 0 Å². The van der Waals surface area contributed by atoms with Crippen molar-refractivity contribution in [1.29, 1.82) is 0 Å². The number of H-pyrrole nitrogens is 1. The van der Waals surface area contributed by atoms with Gasteiger partial charge in [-0.05, 0) is 19.3 Å². The zero-order valence-electron chi connectivity index (χ0n) is 26.5.